The molecular weight excluding hydrogens is 243 g/mol. The zero-order valence-electron chi connectivity index (χ0n) is 10.1. The number of ether oxygens (including phenoxy) is 1. The molecule has 0 radical (unpaired) electrons. The van der Waals surface area contributed by atoms with Crippen molar-refractivity contribution >= 4 is 0 Å². The van der Waals surface area contributed by atoms with Crippen LogP contribution >= 0.6 is 0 Å². The number of nitrogens with two attached hydrogens (primary N) is 1. The van der Waals surface area contributed by atoms with Crippen molar-refractivity contribution in [2.75, 3.05) is 6.61 Å². The third-order valence-corrected chi connectivity index (χ3v) is 3.52. The van der Waals surface area contributed by atoms with E-state index in [1.165, 1.54) is 12.1 Å². The minimum atomic E-state index is -4.36. The van der Waals surface area contributed by atoms with Crippen molar-refractivity contribution in [1.82, 2.24) is 0 Å². The molecule has 0 bridgehead atoms. The molecule has 2 N–H and O–H groups in total. The average molecular weight is 259 g/mol. The van der Waals surface area contributed by atoms with E-state index in [1.807, 2.05) is 6.92 Å². The molecule has 0 aromatic heterocycles. The Balaban J connectivity index is 2.33. The van der Waals surface area contributed by atoms with E-state index in [-0.39, 0.29) is 17.6 Å². The van der Waals surface area contributed by atoms with Crippen LogP contribution in [-0.4, -0.2) is 12.7 Å². The van der Waals surface area contributed by atoms with Gasteiger partial charge in [0.1, 0.15) is 0 Å². The van der Waals surface area contributed by atoms with Crippen molar-refractivity contribution in [2.24, 2.45) is 11.7 Å². The van der Waals surface area contributed by atoms with E-state index in [4.69, 9.17) is 10.5 Å². The largest absolute Gasteiger partial charge is 0.416 e. The van der Waals surface area contributed by atoms with Crippen LogP contribution in [-0.2, 0) is 10.9 Å². The molecule has 0 spiro atoms. The molecular formula is C13H16F3NO. The fraction of sp³-hybridized carbons (Fsp3) is 0.538. The monoisotopic (exact) mass is 259 g/mol. The Morgan fingerprint density at radius 3 is 2.56 bits per heavy atom. The Labute approximate surface area is 104 Å². The molecule has 1 aromatic carbocycles. The van der Waals surface area contributed by atoms with Crippen molar-refractivity contribution in [3.8, 4) is 0 Å². The molecule has 1 heterocycles. The second-order valence-electron chi connectivity index (χ2n) is 4.64. The summed E-state index contributed by atoms with van der Waals surface area (Å²) in [6.07, 6.45) is -3.76. The molecule has 1 aliphatic heterocycles. The van der Waals surface area contributed by atoms with E-state index < -0.39 is 17.8 Å². The summed E-state index contributed by atoms with van der Waals surface area (Å²) in [5, 5.41) is 0. The lowest BCUT2D eigenvalue weighted by Crippen LogP contribution is -2.28. The van der Waals surface area contributed by atoms with Gasteiger partial charge in [-0.25, -0.2) is 0 Å². The zero-order valence-corrected chi connectivity index (χ0v) is 10.1. The lowest BCUT2D eigenvalue weighted by molar-refractivity contribution is -0.138. The Bertz CT molecular complexity index is 419. The van der Waals surface area contributed by atoms with E-state index in [0.717, 1.165) is 6.07 Å². The Hall–Kier alpha value is -1.07. The van der Waals surface area contributed by atoms with E-state index in [1.54, 1.807) is 6.07 Å². The fourth-order valence-electron chi connectivity index (χ4n) is 2.50. The van der Waals surface area contributed by atoms with Crippen LogP contribution < -0.4 is 5.73 Å². The maximum atomic E-state index is 12.9. The fourth-order valence-corrected chi connectivity index (χ4v) is 2.50. The lowest BCUT2D eigenvalue weighted by atomic mass is 9.86. The van der Waals surface area contributed by atoms with Crippen LogP contribution in [0.15, 0.2) is 24.3 Å². The number of alkyl halides is 3. The summed E-state index contributed by atoms with van der Waals surface area (Å²) in [6.45, 7) is 2.42. The van der Waals surface area contributed by atoms with Crippen molar-refractivity contribution in [3.05, 3.63) is 35.4 Å². The van der Waals surface area contributed by atoms with Crippen LogP contribution in [0.4, 0.5) is 13.2 Å². The molecule has 18 heavy (non-hydrogen) atoms. The molecule has 2 nitrogen and oxygen atoms in total. The van der Waals surface area contributed by atoms with Gasteiger partial charge in [0.25, 0.3) is 0 Å². The SMILES string of the molecule is CC1OCCC1C(N)c1ccccc1C(F)(F)F. The van der Waals surface area contributed by atoms with Crippen LogP contribution in [0, 0.1) is 5.92 Å². The van der Waals surface area contributed by atoms with Crippen molar-refractivity contribution in [1.29, 1.82) is 0 Å². The van der Waals surface area contributed by atoms with E-state index in [0.29, 0.717) is 13.0 Å². The summed E-state index contributed by atoms with van der Waals surface area (Å²) < 4.78 is 44.1. The van der Waals surface area contributed by atoms with Crippen LogP contribution in [0.1, 0.15) is 30.5 Å². The second-order valence-corrected chi connectivity index (χ2v) is 4.64. The van der Waals surface area contributed by atoms with Crippen LogP contribution in [0.25, 0.3) is 0 Å². The van der Waals surface area contributed by atoms with E-state index in [9.17, 15) is 13.2 Å². The Morgan fingerprint density at radius 2 is 2.00 bits per heavy atom. The maximum Gasteiger partial charge on any atom is 0.416 e. The number of benzene rings is 1. The third-order valence-electron chi connectivity index (χ3n) is 3.52. The van der Waals surface area contributed by atoms with Crippen LogP contribution in [0.3, 0.4) is 0 Å². The molecule has 1 aromatic rings. The predicted molar refractivity (Wildman–Crippen MR) is 61.9 cm³/mol. The number of hydrogen-bond donors (Lipinski definition) is 1. The van der Waals surface area contributed by atoms with Gasteiger partial charge < -0.3 is 10.5 Å². The van der Waals surface area contributed by atoms with Crippen molar-refractivity contribution in [2.45, 2.75) is 31.7 Å². The summed E-state index contributed by atoms with van der Waals surface area (Å²) >= 11 is 0. The molecule has 1 aliphatic rings. The van der Waals surface area contributed by atoms with Gasteiger partial charge in [0, 0.05) is 18.6 Å². The molecule has 5 heteroatoms. The van der Waals surface area contributed by atoms with Gasteiger partial charge in [-0.05, 0) is 25.0 Å². The minimum Gasteiger partial charge on any atom is -0.378 e. The highest BCUT2D eigenvalue weighted by molar-refractivity contribution is 5.32. The van der Waals surface area contributed by atoms with Gasteiger partial charge in [0.05, 0.1) is 11.7 Å². The molecule has 0 aliphatic carbocycles. The average Bonchev–Trinajstić information content (AvgIpc) is 2.73. The predicted octanol–water partition coefficient (Wildman–Crippen LogP) is 3.13. The van der Waals surface area contributed by atoms with Gasteiger partial charge in [0.2, 0.25) is 0 Å². The summed E-state index contributed by atoms with van der Waals surface area (Å²) in [4.78, 5) is 0. The standard InChI is InChI=1S/C13H16F3NO/c1-8-9(6-7-18-8)12(17)10-4-2-3-5-11(10)13(14,15)16/h2-5,8-9,12H,6-7,17H2,1H3. The first-order valence-electron chi connectivity index (χ1n) is 5.94. The minimum absolute atomic E-state index is 0.0616. The molecule has 1 fully saturated rings. The first-order chi connectivity index (χ1) is 8.41. The van der Waals surface area contributed by atoms with Crippen molar-refractivity contribution < 1.29 is 17.9 Å². The third kappa shape index (κ3) is 2.52. The molecule has 0 saturated carbocycles. The Morgan fingerprint density at radius 1 is 1.33 bits per heavy atom. The van der Waals surface area contributed by atoms with E-state index in [2.05, 4.69) is 0 Å². The molecule has 3 atom stereocenters. The Kier molecular flexibility index (Phi) is 3.64. The summed E-state index contributed by atoms with van der Waals surface area (Å²) in [5.74, 6) is -0.0616. The number of hydrogen-bond acceptors (Lipinski definition) is 2. The van der Waals surface area contributed by atoms with Gasteiger partial charge in [-0.2, -0.15) is 13.2 Å². The quantitative estimate of drug-likeness (QED) is 0.885. The lowest BCUT2D eigenvalue weighted by Gasteiger charge is -2.25. The van der Waals surface area contributed by atoms with Gasteiger partial charge in [0.15, 0.2) is 0 Å². The molecule has 100 valence electrons. The molecule has 3 unspecified atom stereocenters. The highest BCUT2D eigenvalue weighted by Crippen LogP contribution is 2.38. The zero-order chi connectivity index (χ0) is 13.3. The molecule has 2 rings (SSSR count). The summed E-state index contributed by atoms with van der Waals surface area (Å²) in [6, 6.07) is 4.87. The normalized spacial score (nSPS) is 26.3. The highest BCUT2D eigenvalue weighted by Gasteiger charge is 2.38. The van der Waals surface area contributed by atoms with Crippen molar-refractivity contribution in [3.63, 3.8) is 0 Å². The van der Waals surface area contributed by atoms with Gasteiger partial charge >= 0.3 is 6.18 Å². The summed E-state index contributed by atoms with van der Waals surface area (Å²) in [7, 11) is 0. The first kappa shape index (κ1) is 13.4. The number of halogens is 3. The van der Waals surface area contributed by atoms with Gasteiger partial charge in [-0.3, -0.25) is 0 Å². The van der Waals surface area contributed by atoms with E-state index >= 15 is 0 Å². The van der Waals surface area contributed by atoms with Crippen LogP contribution in [0.5, 0.6) is 0 Å². The molecule has 0 amide bonds. The number of rotatable bonds is 2. The first-order valence-corrected chi connectivity index (χ1v) is 5.94. The maximum absolute atomic E-state index is 12.9. The highest BCUT2D eigenvalue weighted by atomic mass is 19.4. The topological polar surface area (TPSA) is 35.2 Å². The smallest absolute Gasteiger partial charge is 0.378 e. The summed E-state index contributed by atoms with van der Waals surface area (Å²) in [5.41, 5.74) is 5.53. The van der Waals surface area contributed by atoms with Gasteiger partial charge in [-0.15, -0.1) is 0 Å². The second kappa shape index (κ2) is 4.90. The van der Waals surface area contributed by atoms with Crippen LogP contribution in [0.2, 0.25) is 0 Å². The van der Waals surface area contributed by atoms with Gasteiger partial charge in [-0.1, -0.05) is 18.2 Å². The molecule has 1 saturated heterocycles.